The van der Waals surface area contributed by atoms with Gasteiger partial charge < -0.3 is 20.0 Å². The summed E-state index contributed by atoms with van der Waals surface area (Å²) in [5, 5.41) is 17.1. The van der Waals surface area contributed by atoms with Gasteiger partial charge >= 0.3 is 0 Å². The highest BCUT2D eigenvalue weighted by atomic mass is 17.2. The Hall–Kier alpha value is -1.50. The van der Waals surface area contributed by atoms with E-state index in [1.807, 2.05) is 0 Å². The van der Waals surface area contributed by atoms with Crippen molar-refractivity contribution < 1.29 is 29.8 Å². The Morgan fingerprint density at radius 1 is 1.12 bits per heavy atom. The van der Waals surface area contributed by atoms with Crippen molar-refractivity contribution in [3.63, 3.8) is 0 Å². The standard InChI is InChI=1S/C11H18O6/c1-11(13)10-17-16-9-5-4-8-15-14-7-3-2-6-12/h2-4,8,10,12-13H,5-7,9H2,1H3. The van der Waals surface area contributed by atoms with Crippen LogP contribution in [0.3, 0.4) is 0 Å². The number of hydrogen-bond acceptors (Lipinski definition) is 6. The highest BCUT2D eigenvalue weighted by Crippen LogP contribution is 1.91. The molecule has 6 nitrogen and oxygen atoms in total. The summed E-state index contributed by atoms with van der Waals surface area (Å²) >= 11 is 0. The number of aliphatic hydroxyl groups excluding tert-OH is 2. The van der Waals surface area contributed by atoms with Crippen LogP contribution in [0.25, 0.3) is 0 Å². The SMILES string of the molecule is CC(O)=COOCCC=COOCC=CCO. The molecule has 0 aromatic rings. The van der Waals surface area contributed by atoms with Crippen molar-refractivity contribution in [2.75, 3.05) is 19.8 Å². The zero-order valence-electron chi connectivity index (χ0n) is 9.74. The van der Waals surface area contributed by atoms with Crippen LogP contribution in [0.2, 0.25) is 0 Å². The number of allylic oxidation sites excluding steroid dienone is 1. The van der Waals surface area contributed by atoms with Crippen molar-refractivity contribution in [3.8, 4) is 0 Å². The maximum Gasteiger partial charge on any atom is 0.166 e. The molecule has 6 heteroatoms. The van der Waals surface area contributed by atoms with Gasteiger partial charge in [-0.15, -0.1) is 0 Å². The van der Waals surface area contributed by atoms with Gasteiger partial charge in [0, 0.05) is 0 Å². The quantitative estimate of drug-likeness (QED) is 0.201. The zero-order chi connectivity index (χ0) is 12.8. The fourth-order valence-electron chi connectivity index (χ4n) is 0.636. The first kappa shape index (κ1) is 15.5. The number of hydrogen-bond donors (Lipinski definition) is 2. The van der Waals surface area contributed by atoms with E-state index in [1.54, 1.807) is 18.2 Å². The summed E-state index contributed by atoms with van der Waals surface area (Å²) in [6.07, 6.45) is 7.92. The Morgan fingerprint density at radius 3 is 2.65 bits per heavy atom. The van der Waals surface area contributed by atoms with Gasteiger partial charge in [-0.2, -0.15) is 9.78 Å². The van der Waals surface area contributed by atoms with E-state index >= 15 is 0 Å². The van der Waals surface area contributed by atoms with Crippen molar-refractivity contribution >= 4 is 0 Å². The molecule has 0 aliphatic carbocycles. The molecule has 0 radical (unpaired) electrons. The van der Waals surface area contributed by atoms with Crippen LogP contribution in [0.15, 0.2) is 36.5 Å². The summed E-state index contributed by atoms with van der Waals surface area (Å²) in [5.41, 5.74) is 0. The second-order valence-corrected chi connectivity index (χ2v) is 2.87. The lowest BCUT2D eigenvalue weighted by Gasteiger charge is -1.98. The fourth-order valence-corrected chi connectivity index (χ4v) is 0.636. The third-order valence-electron chi connectivity index (χ3n) is 1.31. The summed E-state index contributed by atoms with van der Waals surface area (Å²) < 4.78 is 0. The largest absolute Gasteiger partial charge is 0.509 e. The minimum atomic E-state index is -0.0156. The van der Waals surface area contributed by atoms with Crippen molar-refractivity contribution in [3.05, 3.63) is 36.5 Å². The summed E-state index contributed by atoms with van der Waals surface area (Å²) in [6.45, 7) is 2.05. The second kappa shape index (κ2) is 12.6. The predicted octanol–water partition coefficient (Wildman–Crippen LogP) is 1.75. The van der Waals surface area contributed by atoms with Crippen molar-refractivity contribution in [1.29, 1.82) is 0 Å². The van der Waals surface area contributed by atoms with E-state index in [-0.39, 0.29) is 19.0 Å². The van der Waals surface area contributed by atoms with E-state index in [2.05, 4.69) is 14.7 Å². The zero-order valence-corrected chi connectivity index (χ0v) is 9.74. The Bertz CT molecular complexity index is 242. The van der Waals surface area contributed by atoms with Gasteiger partial charge in [0.05, 0.1) is 13.2 Å². The molecule has 0 bridgehead atoms. The molecule has 0 aliphatic rings. The predicted molar refractivity (Wildman–Crippen MR) is 60.4 cm³/mol. The first-order chi connectivity index (χ1) is 8.27. The lowest BCUT2D eigenvalue weighted by atomic mass is 10.4. The van der Waals surface area contributed by atoms with Gasteiger partial charge in [0.25, 0.3) is 0 Å². The molecule has 0 aromatic heterocycles. The molecule has 0 saturated carbocycles. The molecule has 0 aliphatic heterocycles. The molecule has 0 fully saturated rings. The Kier molecular flexibility index (Phi) is 11.5. The van der Waals surface area contributed by atoms with Crippen LogP contribution in [0.5, 0.6) is 0 Å². The Labute approximate surface area is 100 Å². The molecular weight excluding hydrogens is 228 g/mol. The van der Waals surface area contributed by atoms with Crippen LogP contribution in [0.1, 0.15) is 13.3 Å². The molecule has 0 rings (SSSR count). The smallest absolute Gasteiger partial charge is 0.166 e. The van der Waals surface area contributed by atoms with Gasteiger partial charge in [0.2, 0.25) is 0 Å². The molecule has 0 saturated heterocycles. The van der Waals surface area contributed by atoms with Gasteiger partial charge in [-0.05, 0) is 19.4 Å². The van der Waals surface area contributed by atoms with E-state index in [1.165, 1.54) is 13.2 Å². The average Bonchev–Trinajstić information content (AvgIpc) is 2.30. The van der Waals surface area contributed by atoms with Crippen molar-refractivity contribution in [2.45, 2.75) is 13.3 Å². The van der Waals surface area contributed by atoms with Crippen molar-refractivity contribution in [2.24, 2.45) is 0 Å². The lowest BCUT2D eigenvalue weighted by molar-refractivity contribution is -0.250. The molecule has 0 spiro atoms. The van der Waals surface area contributed by atoms with E-state index in [9.17, 15) is 0 Å². The van der Waals surface area contributed by atoms with Crippen LogP contribution >= 0.6 is 0 Å². The first-order valence-electron chi connectivity index (χ1n) is 5.10. The van der Waals surface area contributed by atoms with Crippen LogP contribution in [-0.2, 0) is 19.6 Å². The monoisotopic (exact) mass is 246 g/mol. The molecule has 0 amide bonds. The van der Waals surface area contributed by atoms with Crippen molar-refractivity contribution in [1.82, 2.24) is 0 Å². The molecule has 98 valence electrons. The minimum absolute atomic E-state index is 0.0156. The van der Waals surface area contributed by atoms with Gasteiger partial charge in [-0.3, -0.25) is 0 Å². The van der Waals surface area contributed by atoms with Gasteiger partial charge in [0.1, 0.15) is 18.6 Å². The average molecular weight is 246 g/mol. The molecule has 0 aromatic carbocycles. The number of rotatable bonds is 10. The van der Waals surface area contributed by atoms with Gasteiger partial charge in [-0.25, -0.2) is 0 Å². The lowest BCUT2D eigenvalue weighted by Crippen LogP contribution is -1.92. The van der Waals surface area contributed by atoms with E-state index in [0.717, 1.165) is 6.26 Å². The molecule has 0 unspecified atom stereocenters. The van der Waals surface area contributed by atoms with Crippen LogP contribution < -0.4 is 0 Å². The topological polar surface area (TPSA) is 77.4 Å². The molecule has 0 heterocycles. The molecule has 2 N–H and O–H groups in total. The summed E-state index contributed by atoms with van der Waals surface area (Å²) in [7, 11) is 0. The minimum Gasteiger partial charge on any atom is -0.509 e. The molecular formula is C11H18O6. The Morgan fingerprint density at radius 2 is 1.94 bits per heavy atom. The van der Waals surface area contributed by atoms with E-state index < -0.39 is 0 Å². The third kappa shape index (κ3) is 14.5. The number of aliphatic hydroxyl groups is 2. The molecule has 17 heavy (non-hydrogen) atoms. The highest BCUT2D eigenvalue weighted by Gasteiger charge is 1.85. The third-order valence-corrected chi connectivity index (χ3v) is 1.31. The highest BCUT2D eigenvalue weighted by molar-refractivity contribution is 4.80. The summed E-state index contributed by atoms with van der Waals surface area (Å²) in [6, 6.07) is 0. The summed E-state index contributed by atoms with van der Waals surface area (Å²) in [4.78, 5) is 18.6. The van der Waals surface area contributed by atoms with Crippen LogP contribution in [0.4, 0.5) is 0 Å². The summed E-state index contributed by atoms with van der Waals surface area (Å²) in [5.74, 6) is 0.0354. The van der Waals surface area contributed by atoms with Crippen LogP contribution in [0, 0.1) is 0 Å². The normalized spacial score (nSPS) is 12.5. The maximum absolute atomic E-state index is 8.70. The van der Waals surface area contributed by atoms with E-state index in [0.29, 0.717) is 13.0 Å². The maximum atomic E-state index is 8.70. The fraction of sp³-hybridized carbons (Fsp3) is 0.455. The second-order valence-electron chi connectivity index (χ2n) is 2.87. The van der Waals surface area contributed by atoms with E-state index in [4.69, 9.17) is 15.1 Å². The first-order valence-corrected chi connectivity index (χ1v) is 5.10. The van der Waals surface area contributed by atoms with Gasteiger partial charge in [0.15, 0.2) is 6.26 Å². The van der Waals surface area contributed by atoms with Crippen LogP contribution in [-0.4, -0.2) is 30.0 Å². The van der Waals surface area contributed by atoms with Gasteiger partial charge in [-0.1, -0.05) is 12.2 Å². The Balaban J connectivity index is 3.20. The molecule has 0 atom stereocenters.